The number of β-amino-alcohol motifs (C(OH)–C–C–N with tert-alkyl or cyclic N) is 1. The number of carbonyl (C=O) groups is 2. The molecule has 1 heterocycles. The number of esters is 2. The van der Waals surface area contributed by atoms with Crippen LogP contribution in [0.25, 0.3) is 0 Å². The second-order valence-electron chi connectivity index (χ2n) is 11.8. The van der Waals surface area contributed by atoms with Gasteiger partial charge in [0.1, 0.15) is 12.7 Å². The first-order valence-corrected chi connectivity index (χ1v) is 15.5. The van der Waals surface area contributed by atoms with E-state index in [0.29, 0.717) is 35.0 Å². The van der Waals surface area contributed by atoms with Crippen molar-refractivity contribution in [3.05, 3.63) is 86.7 Å². The van der Waals surface area contributed by atoms with Gasteiger partial charge in [0.2, 0.25) is 0 Å². The lowest BCUT2D eigenvalue weighted by Gasteiger charge is -2.36. The predicted octanol–water partition coefficient (Wildman–Crippen LogP) is 3.68. The van der Waals surface area contributed by atoms with Crippen molar-refractivity contribution in [2.24, 2.45) is 0 Å². The topological polar surface area (TPSA) is 162 Å². The summed E-state index contributed by atoms with van der Waals surface area (Å²) in [6.07, 6.45) is -0.799. The molecule has 0 aliphatic carbocycles. The van der Waals surface area contributed by atoms with Crippen LogP contribution < -0.4 is 20.1 Å². The average Bonchev–Trinajstić information content (AvgIpc) is 3.02. The number of likely N-dealkylation sites (N-methyl/N-ethyl adjacent to an activating group) is 1. The highest BCUT2D eigenvalue weighted by atomic mass is 16.6. The quantitative estimate of drug-likeness (QED) is 0.129. The number of dihydropyridines is 1. The molecule has 0 saturated carbocycles. The van der Waals surface area contributed by atoms with E-state index in [1.807, 2.05) is 37.9 Å². The summed E-state index contributed by atoms with van der Waals surface area (Å²) in [5, 5.41) is 28.9. The van der Waals surface area contributed by atoms with Gasteiger partial charge in [-0.1, -0.05) is 24.3 Å². The molecular formula is C34H46N4O9. The summed E-state index contributed by atoms with van der Waals surface area (Å²) in [7, 11) is 3.43. The molecule has 0 spiro atoms. The second-order valence-corrected chi connectivity index (χ2v) is 11.8. The number of rotatable bonds is 17. The van der Waals surface area contributed by atoms with Crippen molar-refractivity contribution < 1.29 is 38.6 Å². The largest absolute Gasteiger partial charge is 0.493 e. The normalized spacial score (nSPS) is 15.6. The van der Waals surface area contributed by atoms with Crippen LogP contribution in [0.3, 0.4) is 0 Å². The molecule has 3 rings (SSSR count). The third-order valence-corrected chi connectivity index (χ3v) is 7.46. The number of allylic oxidation sites excluding steroid dienone is 1. The zero-order chi connectivity index (χ0) is 34.7. The minimum absolute atomic E-state index is 0.0619. The summed E-state index contributed by atoms with van der Waals surface area (Å²) >= 11 is 0. The third kappa shape index (κ3) is 10.0. The van der Waals surface area contributed by atoms with Crippen LogP contribution in [0, 0.1) is 10.1 Å². The van der Waals surface area contributed by atoms with Crippen molar-refractivity contribution in [3.8, 4) is 11.5 Å². The molecule has 256 valence electrons. The van der Waals surface area contributed by atoms with E-state index in [9.17, 15) is 24.8 Å². The van der Waals surface area contributed by atoms with Crippen molar-refractivity contribution in [3.63, 3.8) is 0 Å². The first-order chi connectivity index (χ1) is 22.3. The van der Waals surface area contributed by atoms with E-state index in [2.05, 4.69) is 10.6 Å². The number of hydrogen-bond acceptors (Lipinski definition) is 12. The molecule has 3 N–H and O–H groups in total. The van der Waals surface area contributed by atoms with Crippen molar-refractivity contribution >= 4 is 17.6 Å². The van der Waals surface area contributed by atoms with Crippen LogP contribution in [0.5, 0.6) is 11.5 Å². The van der Waals surface area contributed by atoms with Crippen LogP contribution in [-0.4, -0.2) is 92.1 Å². The van der Waals surface area contributed by atoms with Crippen LogP contribution in [0.15, 0.2) is 71.1 Å². The van der Waals surface area contributed by atoms with Gasteiger partial charge in [-0.05, 0) is 59.4 Å². The second kappa shape index (κ2) is 16.9. The molecule has 2 unspecified atom stereocenters. The van der Waals surface area contributed by atoms with Gasteiger partial charge in [-0.3, -0.25) is 15.0 Å². The van der Waals surface area contributed by atoms with Crippen LogP contribution in [0.1, 0.15) is 46.1 Å². The Balaban J connectivity index is 1.84. The number of nitro benzene ring substituents is 1. The van der Waals surface area contributed by atoms with Crippen LogP contribution in [0.2, 0.25) is 0 Å². The first-order valence-electron chi connectivity index (χ1n) is 15.5. The summed E-state index contributed by atoms with van der Waals surface area (Å²) in [5.41, 5.74) is 1.03. The summed E-state index contributed by atoms with van der Waals surface area (Å²) in [6, 6.07) is 13.1. The lowest BCUT2D eigenvalue weighted by molar-refractivity contribution is -0.384. The Hall–Kier alpha value is -4.46. The molecule has 13 nitrogen and oxygen atoms in total. The minimum atomic E-state index is -0.970. The molecule has 47 heavy (non-hydrogen) atoms. The number of nitro groups is 1. The van der Waals surface area contributed by atoms with E-state index in [0.717, 1.165) is 0 Å². The zero-order valence-electron chi connectivity index (χ0n) is 28.1. The monoisotopic (exact) mass is 654 g/mol. The van der Waals surface area contributed by atoms with Gasteiger partial charge in [0.15, 0.2) is 11.5 Å². The van der Waals surface area contributed by atoms with Crippen LogP contribution >= 0.6 is 0 Å². The summed E-state index contributed by atoms with van der Waals surface area (Å²) in [5.74, 6) is -1.14. The van der Waals surface area contributed by atoms with E-state index in [-0.39, 0.29) is 49.7 Å². The number of hydrogen-bond donors (Lipinski definition) is 3. The Morgan fingerprint density at radius 2 is 1.70 bits per heavy atom. The number of carbonyl (C=O) groups excluding carboxylic acids is 2. The molecule has 2 aromatic carbocycles. The Bertz CT molecular complexity index is 1490. The lowest BCUT2D eigenvalue weighted by atomic mass is 9.80. The maximum atomic E-state index is 13.6. The van der Waals surface area contributed by atoms with E-state index in [1.54, 1.807) is 46.1 Å². The van der Waals surface area contributed by atoms with Gasteiger partial charge in [0.25, 0.3) is 5.69 Å². The zero-order valence-corrected chi connectivity index (χ0v) is 28.1. The molecule has 1 aliphatic heterocycles. The predicted molar refractivity (Wildman–Crippen MR) is 176 cm³/mol. The molecule has 2 aromatic rings. The number of benzene rings is 2. The van der Waals surface area contributed by atoms with E-state index in [4.69, 9.17) is 18.9 Å². The van der Waals surface area contributed by atoms with E-state index < -0.39 is 34.4 Å². The lowest BCUT2D eigenvalue weighted by Crippen LogP contribution is -2.51. The van der Waals surface area contributed by atoms with Crippen molar-refractivity contribution in [2.45, 2.75) is 52.2 Å². The number of ether oxygens (including phenoxy) is 4. The number of aliphatic hydroxyl groups is 1. The molecule has 13 heteroatoms. The Labute approximate surface area is 275 Å². The van der Waals surface area contributed by atoms with Gasteiger partial charge >= 0.3 is 11.9 Å². The standard InChI is InChI=1S/C34H46N4O9/c1-8-45-32(40)29-22(3)36-26(31(33(41)46-9-2)30(29)23-13-12-14-24(17-23)38(42)43)19-37(6)21-34(4,5)35-18-25(39)20-47-28-16-11-10-15-27(28)44-7/h10-17,25,30,35-36,39H,8-9,18-21H2,1-7H3. The number of non-ortho nitro benzene ring substituents is 1. The number of aliphatic hydroxyl groups excluding tert-OH is 1. The SMILES string of the molecule is CCOC(=O)C1=C(C)NC(CN(C)CC(C)(C)NCC(O)COc2ccccc2OC)=C(C(=O)OCC)C1c1cccc([N+](=O)[O-])c1. The number of nitrogens with zero attached hydrogens (tertiary/aromatic N) is 2. The molecule has 0 radical (unpaired) electrons. The van der Waals surface area contributed by atoms with Gasteiger partial charge < -0.3 is 34.7 Å². The van der Waals surface area contributed by atoms with Gasteiger partial charge in [0, 0.05) is 48.7 Å². The molecule has 0 saturated heterocycles. The number of methoxy groups -OCH3 is 1. The molecular weight excluding hydrogens is 608 g/mol. The summed E-state index contributed by atoms with van der Waals surface area (Å²) in [4.78, 5) is 40.0. The molecule has 2 atom stereocenters. The molecule has 0 aromatic heterocycles. The molecule has 0 bridgehead atoms. The van der Waals surface area contributed by atoms with E-state index >= 15 is 0 Å². The smallest absolute Gasteiger partial charge is 0.336 e. The highest BCUT2D eigenvalue weighted by molar-refractivity contribution is 6.00. The molecule has 0 amide bonds. The Morgan fingerprint density at radius 3 is 2.32 bits per heavy atom. The maximum Gasteiger partial charge on any atom is 0.336 e. The van der Waals surface area contributed by atoms with Crippen molar-refractivity contribution in [1.82, 2.24) is 15.5 Å². The summed E-state index contributed by atoms with van der Waals surface area (Å²) < 4.78 is 21.9. The van der Waals surface area contributed by atoms with Gasteiger partial charge in [-0.15, -0.1) is 0 Å². The summed E-state index contributed by atoms with van der Waals surface area (Å²) in [6.45, 7) is 10.3. The van der Waals surface area contributed by atoms with Crippen LogP contribution in [0.4, 0.5) is 5.69 Å². The fourth-order valence-electron chi connectivity index (χ4n) is 5.54. The fourth-order valence-corrected chi connectivity index (χ4v) is 5.54. The Morgan fingerprint density at radius 1 is 1.06 bits per heavy atom. The molecule has 1 aliphatic rings. The van der Waals surface area contributed by atoms with Crippen molar-refractivity contribution in [1.29, 1.82) is 0 Å². The average molecular weight is 655 g/mol. The highest BCUT2D eigenvalue weighted by Gasteiger charge is 2.40. The van der Waals surface area contributed by atoms with Gasteiger partial charge in [0.05, 0.1) is 42.3 Å². The molecule has 0 fully saturated rings. The first kappa shape index (κ1) is 37.0. The number of nitrogens with one attached hydrogen (secondary N) is 2. The number of para-hydroxylation sites is 2. The highest BCUT2D eigenvalue weighted by Crippen LogP contribution is 2.40. The van der Waals surface area contributed by atoms with E-state index in [1.165, 1.54) is 18.2 Å². The van der Waals surface area contributed by atoms with Crippen LogP contribution in [-0.2, 0) is 19.1 Å². The fraction of sp³-hybridized carbons (Fsp3) is 0.471. The third-order valence-electron chi connectivity index (χ3n) is 7.46. The minimum Gasteiger partial charge on any atom is -0.493 e. The van der Waals surface area contributed by atoms with Gasteiger partial charge in [-0.2, -0.15) is 0 Å². The maximum absolute atomic E-state index is 13.6. The van der Waals surface area contributed by atoms with Gasteiger partial charge in [-0.25, -0.2) is 9.59 Å². The Kier molecular flexibility index (Phi) is 13.3. The van der Waals surface area contributed by atoms with Crippen molar-refractivity contribution in [2.75, 3.05) is 53.6 Å².